The fourth-order valence-corrected chi connectivity index (χ4v) is 4.46. The quantitative estimate of drug-likeness (QED) is 0.169. The van der Waals surface area contributed by atoms with Crippen molar-refractivity contribution in [1.82, 2.24) is 9.80 Å². The number of rotatable bonds is 17. The minimum Gasteiger partial charge on any atom is -0.545 e. The minimum absolute atomic E-state index is 0. The van der Waals surface area contributed by atoms with E-state index in [9.17, 15) is 19.5 Å². The molecule has 3 aromatic rings. The number of benzene rings is 3. The standard InChI is InChI=1S/C33H37ClN4O6.Na/c1-4-16-37(17-5-2)18-19-38(20-21-44-26-13-11-25(12-14-26)32(40)41)31(39)23-24-10-15-29(30(22-24)43-3)36-33(42)35-28-9-7-6-8-27(28)34;/h4-15,22H,1-2,16-21,23H2,3H3,(H,40,41)(H2,35,36,42);/q;+1/p-1. The van der Waals surface area contributed by atoms with Crippen LogP contribution < -0.4 is 54.8 Å². The number of nitrogens with one attached hydrogen (secondary N) is 2. The zero-order valence-corrected chi connectivity index (χ0v) is 28.3. The molecule has 0 spiro atoms. The summed E-state index contributed by atoms with van der Waals surface area (Å²) in [6.07, 6.45) is 3.68. The number of methoxy groups -OCH3 is 1. The summed E-state index contributed by atoms with van der Waals surface area (Å²) in [5, 5.41) is 16.8. The van der Waals surface area contributed by atoms with Crippen LogP contribution in [0.1, 0.15) is 15.9 Å². The number of carbonyl (C=O) groups excluding carboxylic acids is 3. The molecule has 0 saturated carbocycles. The molecule has 0 aliphatic heterocycles. The van der Waals surface area contributed by atoms with Crippen molar-refractivity contribution in [2.75, 3.05) is 57.1 Å². The Morgan fingerprint density at radius 3 is 2.20 bits per heavy atom. The number of anilines is 2. The number of carboxylic acids is 1. The first-order valence-corrected chi connectivity index (χ1v) is 14.3. The van der Waals surface area contributed by atoms with Gasteiger partial charge in [0.05, 0.1) is 42.4 Å². The Kier molecular flexibility index (Phi) is 16.2. The van der Waals surface area contributed by atoms with E-state index in [-0.39, 0.29) is 54.1 Å². The van der Waals surface area contributed by atoms with Crippen LogP contribution in [0, 0.1) is 0 Å². The van der Waals surface area contributed by atoms with Crippen molar-refractivity contribution in [3.8, 4) is 11.5 Å². The Morgan fingerprint density at radius 2 is 1.58 bits per heavy atom. The van der Waals surface area contributed by atoms with Crippen molar-refractivity contribution < 1.29 is 58.5 Å². The van der Waals surface area contributed by atoms with Crippen LogP contribution in [0.15, 0.2) is 92.0 Å². The fraction of sp³-hybridized carbons (Fsp3) is 0.242. The molecule has 0 aliphatic rings. The third kappa shape index (κ3) is 12.3. The molecule has 10 nitrogen and oxygen atoms in total. The first-order chi connectivity index (χ1) is 21.2. The Labute approximate surface area is 290 Å². The van der Waals surface area contributed by atoms with Gasteiger partial charge >= 0.3 is 35.6 Å². The molecule has 12 heteroatoms. The van der Waals surface area contributed by atoms with E-state index in [1.807, 2.05) is 0 Å². The van der Waals surface area contributed by atoms with Crippen molar-refractivity contribution in [3.05, 3.63) is 108 Å². The number of para-hydroxylation sites is 1. The van der Waals surface area contributed by atoms with E-state index in [4.69, 9.17) is 21.1 Å². The van der Waals surface area contributed by atoms with Crippen molar-refractivity contribution in [1.29, 1.82) is 0 Å². The van der Waals surface area contributed by atoms with Crippen molar-refractivity contribution in [3.63, 3.8) is 0 Å². The number of carbonyl (C=O) groups is 3. The smallest absolute Gasteiger partial charge is 0.545 e. The van der Waals surface area contributed by atoms with Crippen LogP contribution in [-0.2, 0) is 11.2 Å². The molecule has 0 bridgehead atoms. The van der Waals surface area contributed by atoms with Crippen LogP contribution in [0.4, 0.5) is 16.2 Å². The number of ether oxygens (including phenoxy) is 2. The molecular weight excluding hydrogens is 607 g/mol. The average Bonchev–Trinajstić information content (AvgIpc) is 3.01. The van der Waals surface area contributed by atoms with Crippen LogP contribution in [-0.4, -0.2) is 74.1 Å². The van der Waals surface area contributed by atoms with E-state index in [1.165, 1.54) is 19.2 Å². The van der Waals surface area contributed by atoms with Gasteiger partial charge in [0.15, 0.2) is 0 Å². The third-order valence-electron chi connectivity index (χ3n) is 6.52. The molecule has 3 rings (SSSR count). The van der Waals surface area contributed by atoms with Crippen LogP contribution in [0.3, 0.4) is 0 Å². The second-order valence-corrected chi connectivity index (χ2v) is 10.1. The van der Waals surface area contributed by atoms with Gasteiger partial charge in [-0.15, -0.1) is 13.2 Å². The third-order valence-corrected chi connectivity index (χ3v) is 6.85. The maximum absolute atomic E-state index is 13.5. The Hall–Kier alpha value is -3.80. The summed E-state index contributed by atoms with van der Waals surface area (Å²) in [7, 11) is 1.48. The van der Waals surface area contributed by atoms with Gasteiger partial charge in [0.2, 0.25) is 5.91 Å². The molecule has 3 amide bonds. The predicted molar refractivity (Wildman–Crippen MR) is 170 cm³/mol. The SMILES string of the molecule is C=CCN(CC=C)CCN(CCOc1ccc(C(=O)[O-])cc1)C(=O)Cc1ccc(NC(=O)Nc2ccccc2Cl)c(OC)c1.[Na+]. The zero-order chi connectivity index (χ0) is 31.9. The van der Waals surface area contributed by atoms with E-state index in [2.05, 4.69) is 28.7 Å². The topological polar surface area (TPSA) is 123 Å². The van der Waals surface area contributed by atoms with Crippen LogP contribution in [0.2, 0.25) is 5.02 Å². The molecule has 3 aromatic carbocycles. The van der Waals surface area contributed by atoms with Crippen LogP contribution in [0.5, 0.6) is 11.5 Å². The molecule has 45 heavy (non-hydrogen) atoms. The molecule has 0 aliphatic carbocycles. The molecule has 0 atom stereocenters. The maximum Gasteiger partial charge on any atom is 1.00 e. The summed E-state index contributed by atoms with van der Waals surface area (Å²) >= 11 is 6.13. The Morgan fingerprint density at radius 1 is 0.911 bits per heavy atom. The Balaban J connectivity index is 0.00000705. The van der Waals surface area contributed by atoms with Gasteiger partial charge in [-0.1, -0.05) is 42.0 Å². The van der Waals surface area contributed by atoms with Gasteiger partial charge in [0, 0.05) is 26.2 Å². The van der Waals surface area contributed by atoms with Gasteiger partial charge in [-0.3, -0.25) is 9.69 Å². The first kappa shape index (κ1) is 37.4. The summed E-state index contributed by atoms with van der Waals surface area (Å²) < 4.78 is 11.3. The normalized spacial score (nSPS) is 10.3. The zero-order valence-electron chi connectivity index (χ0n) is 25.6. The molecule has 2 N–H and O–H groups in total. The number of nitrogens with zero attached hydrogens (tertiary/aromatic N) is 2. The number of aromatic carboxylic acids is 1. The summed E-state index contributed by atoms with van der Waals surface area (Å²) in [4.78, 5) is 40.9. The fourth-order valence-electron chi connectivity index (χ4n) is 4.28. The Bertz CT molecular complexity index is 1440. The average molecular weight is 643 g/mol. The predicted octanol–water partition coefficient (Wildman–Crippen LogP) is 1.48. The second-order valence-electron chi connectivity index (χ2n) is 9.65. The van der Waals surface area contributed by atoms with Gasteiger partial charge < -0.3 is 34.9 Å². The van der Waals surface area contributed by atoms with Gasteiger partial charge in [0.25, 0.3) is 0 Å². The van der Waals surface area contributed by atoms with Gasteiger partial charge in [-0.2, -0.15) is 0 Å². The minimum atomic E-state index is -1.27. The number of hydrogen-bond donors (Lipinski definition) is 2. The van der Waals surface area contributed by atoms with E-state index in [0.29, 0.717) is 66.2 Å². The molecular formula is C33H36ClN4NaO6. The van der Waals surface area contributed by atoms with Gasteiger partial charge in [-0.25, -0.2) is 4.79 Å². The molecule has 0 fully saturated rings. The number of halogens is 1. The number of urea groups is 1. The van der Waals surface area contributed by atoms with Crippen molar-refractivity contribution in [2.24, 2.45) is 0 Å². The molecule has 0 heterocycles. The van der Waals surface area contributed by atoms with Gasteiger partial charge in [0.1, 0.15) is 18.1 Å². The van der Waals surface area contributed by atoms with E-state index >= 15 is 0 Å². The molecule has 0 unspecified atom stereocenters. The number of amides is 3. The number of hydrogen-bond acceptors (Lipinski definition) is 7. The van der Waals surface area contributed by atoms with Crippen LogP contribution >= 0.6 is 11.6 Å². The molecule has 0 radical (unpaired) electrons. The van der Waals surface area contributed by atoms with E-state index < -0.39 is 12.0 Å². The maximum atomic E-state index is 13.5. The molecule has 0 aromatic heterocycles. The number of carboxylic acid groups (broad SMARTS) is 1. The molecule has 232 valence electrons. The molecule has 0 saturated heterocycles. The van der Waals surface area contributed by atoms with Gasteiger partial charge in [-0.05, 0) is 59.7 Å². The summed E-state index contributed by atoms with van der Waals surface area (Å²) in [6.45, 7) is 10.4. The van der Waals surface area contributed by atoms with Crippen molar-refractivity contribution in [2.45, 2.75) is 6.42 Å². The van der Waals surface area contributed by atoms with E-state index in [1.54, 1.807) is 71.6 Å². The largest absolute Gasteiger partial charge is 1.00 e. The summed E-state index contributed by atoms with van der Waals surface area (Å²) in [5.74, 6) is -0.522. The first-order valence-electron chi connectivity index (χ1n) is 13.9. The monoisotopic (exact) mass is 642 g/mol. The summed E-state index contributed by atoms with van der Waals surface area (Å²) in [5.41, 5.74) is 1.64. The van der Waals surface area contributed by atoms with E-state index in [0.717, 1.165) is 0 Å². The summed E-state index contributed by atoms with van der Waals surface area (Å²) in [6, 6.07) is 17.4. The van der Waals surface area contributed by atoms with Crippen LogP contribution in [0.25, 0.3) is 0 Å². The second kappa shape index (κ2) is 19.6. The van der Waals surface area contributed by atoms with Crippen molar-refractivity contribution >= 4 is 40.9 Å².